The lowest BCUT2D eigenvalue weighted by Crippen LogP contribution is -2.47. The van der Waals surface area contributed by atoms with Gasteiger partial charge in [0.2, 0.25) is 5.95 Å². The summed E-state index contributed by atoms with van der Waals surface area (Å²) in [6.07, 6.45) is 3.91. The number of carbonyl (C=O) groups excluding carboxylic acids is 1. The van der Waals surface area contributed by atoms with Crippen LogP contribution in [0.3, 0.4) is 0 Å². The summed E-state index contributed by atoms with van der Waals surface area (Å²) < 4.78 is 25.8. The Kier molecular flexibility index (Phi) is 7.74. The molecule has 36 heavy (non-hydrogen) atoms. The number of carbonyl (C=O) groups is 1. The Morgan fingerprint density at radius 1 is 1.14 bits per heavy atom. The van der Waals surface area contributed by atoms with Gasteiger partial charge in [-0.3, -0.25) is 14.2 Å². The fraction of sp³-hybridized carbons (Fsp3) is 0.560. The van der Waals surface area contributed by atoms with Crippen molar-refractivity contribution in [1.29, 1.82) is 0 Å². The van der Waals surface area contributed by atoms with Crippen molar-refractivity contribution in [3.05, 3.63) is 55.4 Å². The van der Waals surface area contributed by atoms with Crippen molar-refractivity contribution >= 4 is 44.9 Å². The molecular weight excluding hydrogens is 523 g/mol. The van der Waals surface area contributed by atoms with Gasteiger partial charge in [0.25, 0.3) is 11.5 Å². The zero-order valence-electron chi connectivity index (χ0n) is 20.9. The summed E-state index contributed by atoms with van der Waals surface area (Å²) in [4.78, 5) is 33.6. The van der Waals surface area contributed by atoms with E-state index in [0.717, 1.165) is 0 Å². The maximum absolute atomic E-state index is 13.8. The number of aromatic nitrogens is 2. The number of amides is 1. The van der Waals surface area contributed by atoms with Crippen molar-refractivity contribution in [2.45, 2.75) is 82.8 Å². The Hall–Kier alpha value is -2.10. The van der Waals surface area contributed by atoms with E-state index in [4.69, 9.17) is 28.2 Å². The third kappa shape index (κ3) is 5.43. The summed E-state index contributed by atoms with van der Waals surface area (Å²) in [5.74, 6) is 0.267. The van der Waals surface area contributed by atoms with Crippen molar-refractivity contribution in [3.8, 4) is 0 Å². The Morgan fingerprint density at radius 2 is 1.81 bits per heavy atom. The molecule has 0 bridgehead atoms. The molecule has 0 spiro atoms. The van der Waals surface area contributed by atoms with Crippen LogP contribution in [0.1, 0.15) is 74.1 Å². The Morgan fingerprint density at radius 3 is 2.39 bits per heavy atom. The largest absolute Gasteiger partial charge is 0.353 e. The number of hydrogen-bond donors (Lipinski definition) is 1. The summed E-state index contributed by atoms with van der Waals surface area (Å²) in [5, 5.41) is 3.62. The van der Waals surface area contributed by atoms with Crippen LogP contribution >= 0.6 is 23.2 Å². The monoisotopic (exact) mass is 554 g/mol. The predicted octanol–water partition coefficient (Wildman–Crippen LogP) is 4.49. The van der Waals surface area contributed by atoms with E-state index in [-0.39, 0.29) is 41.4 Å². The standard InChI is InChI=1S/C25H32Cl2N4O4S/c1-14(2)28-25-29-22-13-30(23(32)16-5-10-20(26)21(27)12-16)15(3)11-19(22)24(33)31(25)17-6-8-18(9-7-17)36(4,34)35/h5,10,12,14-15,17-18H,6-9,11,13H2,1-4H3,(H,28,29)/t15-,17?,18?/m1/s1. The van der Waals surface area contributed by atoms with E-state index in [1.165, 1.54) is 6.26 Å². The first-order chi connectivity index (χ1) is 16.9. The number of sulfone groups is 1. The van der Waals surface area contributed by atoms with Crippen LogP contribution in [0.4, 0.5) is 5.95 Å². The van der Waals surface area contributed by atoms with E-state index in [0.29, 0.717) is 64.9 Å². The molecule has 8 nitrogen and oxygen atoms in total. The molecule has 1 amide bonds. The van der Waals surface area contributed by atoms with Gasteiger partial charge in [0, 0.05) is 35.5 Å². The fourth-order valence-corrected chi connectivity index (χ4v) is 6.60. The quantitative estimate of drug-likeness (QED) is 0.584. The van der Waals surface area contributed by atoms with Gasteiger partial charge >= 0.3 is 0 Å². The predicted molar refractivity (Wildman–Crippen MR) is 143 cm³/mol. The Labute approximate surface area is 221 Å². The van der Waals surface area contributed by atoms with E-state index in [2.05, 4.69) is 5.32 Å². The van der Waals surface area contributed by atoms with Crippen molar-refractivity contribution in [3.63, 3.8) is 0 Å². The third-order valence-corrected chi connectivity index (χ3v) is 9.53. The molecule has 1 aromatic heterocycles. The molecule has 1 atom stereocenters. The average Bonchev–Trinajstić information content (AvgIpc) is 2.80. The van der Waals surface area contributed by atoms with Crippen LogP contribution in [0.2, 0.25) is 10.0 Å². The van der Waals surface area contributed by atoms with Gasteiger partial charge in [-0.1, -0.05) is 23.2 Å². The highest BCUT2D eigenvalue weighted by Gasteiger charge is 2.35. The molecule has 1 aliphatic heterocycles. The van der Waals surface area contributed by atoms with Crippen LogP contribution in [0.25, 0.3) is 0 Å². The van der Waals surface area contributed by atoms with E-state index in [9.17, 15) is 18.0 Å². The van der Waals surface area contributed by atoms with Crippen LogP contribution in [-0.2, 0) is 22.8 Å². The Bertz CT molecular complexity index is 1330. The number of halogens is 2. The van der Waals surface area contributed by atoms with Gasteiger partial charge in [-0.15, -0.1) is 0 Å². The van der Waals surface area contributed by atoms with Gasteiger partial charge in [-0.25, -0.2) is 13.4 Å². The molecule has 1 aromatic carbocycles. The molecule has 1 saturated carbocycles. The van der Waals surface area contributed by atoms with Crippen molar-refractivity contribution in [2.75, 3.05) is 11.6 Å². The molecule has 2 aliphatic rings. The topological polar surface area (TPSA) is 101 Å². The number of benzene rings is 1. The first kappa shape index (κ1) is 26.9. The second-order valence-electron chi connectivity index (χ2n) is 10.2. The third-order valence-electron chi connectivity index (χ3n) is 7.11. The molecule has 1 N–H and O–H groups in total. The zero-order valence-corrected chi connectivity index (χ0v) is 23.3. The van der Waals surface area contributed by atoms with Gasteiger partial charge in [0.1, 0.15) is 9.84 Å². The molecule has 4 rings (SSSR count). The van der Waals surface area contributed by atoms with E-state index < -0.39 is 9.84 Å². The summed E-state index contributed by atoms with van der Waals surface area (Å²) in [7, 11) is -3.11. The van der Waals surface area contributed by atoms with Crippen LogP contribution < -0.4 is 10.9 Å². The number of anilines is 1. The van der Waals surface area contributed by atoms with Gasteiger partial charge in [-0.05, 0) is 71.1 Å². The number of hydrogen-bond acceptors (Lipinski definition) is 6. The lowest BCUT2D eigenvalue weighted by Gasteiger charge is -2.36. The second kappa shape index (κ2) is 10.3. The van der Waals surface area contributed by atoms with Crippen molar-refractivity contribution in [1.82, 2.24) is 14.5 Å². The first-order valence-electron chi connectivity index (χ1n) is 12.2. The minimum absolute atomic E-state index is 0.0324. The first-order valence-corrected chi connectivity index (χ1v) is 14.9. The molecule has 196 valence electrons. The normalized spacial score (nSPS) is 22.4. The lowest BCUT2D eigenvalue weighted by molar-refractivity contribution is 0.0652. The SMILES string of the molecule is CC(C)Nc1nc2c(c(=O)n1C1CCC(S(C)(=O)=O)CC1)C[C@@H](C)N(C(=O)c1ccc(Cl)c(Cl)c1)C2. The molecule has 1 fully saturated rings. The molecule has 0 saturated heterocycles. The highest BCUT2D eigenvalue weighted by atomic mass is 35.5. The van der Waals surface area contributed by atoms with E-state index >= 15 is 0 Å². The number of rotatable bonds is 5. The number of nitrogens with zero attached hydrogens (tertiary/aromatic N) is 3. The minimum Gasteiger partial charge on any atom is -0.353 e. The highest BCUT2D eigenvalue weighted by molar-refractivity contribution is 7.91. The molecular formula is C25H32Cl2N4O4S. The van der Waals surface area contributed by atoms with Crippen molar-refractivity contribution in [2.24, 2.45) is 0 Å². The van der Waals surface area contributed by atoms with E-state index in [1.807, 2.05) is 20.8 Å². The zero-order chi connectivity index (χ0) is 26.4. The molecule has 11 heteroatoms. The summed E-state index contributed by atoms with van der Waals surface area (Å²) in [5.41, 5.74) is 1.51. The van der Waals surface area contributed by atoms with Gasteiger partial charge in [-0.2, -0.15) is 0 Å². The minimum atomic E-state index is -3.11. The van der Waals surface area contributed by atoms with Crippen LogP contribution in [0.5, 0.6) is 0 Å². The lowest BCUT2D eigenvalue weighted by atomic mass is 9.93. The number of nitrogens with one attached hydrogen (secondary N) is 1. The molecule has 2 aromatic rings. The fourth-order valence-electron chi connectivity index (χ4n) is 5.17. The Balaban J connectivity index is 1.68. The van der Waals surface area contributed by atoms with Crippen molar-refractivity contribution < 1.29 is 13.2 Å². The summed E-state index contributed by atoms with van der Waals surface area (Å²) in [6, 6.07) is 4.49. The molecule has 1 aliphatic carbocycles. The van der Waals surface area contributed by atoms with Crippen LogP contribution in [-0.4, -0.2) is 52.4 Å². The molecule has 0 unspecified atom stereocenters. The number of fused-ring (bicyclic) bond motifs is 1. The average molecular weight is 556 g/mol. The van der Waals surface area contributed by atoms with E-state index in [1.54, 1.807) is 27.7 Å². The highest BCUT2D eigenvalue weighted by Crippen LogP contribution is 2.34. The maximum atomic E-state index is 13.8. The summed E-state index contributed by atoms with van der Waals surface area (Å²) in [6.45, 7) is 6.07. The van der Waals surface area contributed by atoms with Crippen LogP contribution in [0, 0.1) is 0 Å². The van der Waals surface area contributed by atoms with Crippen LogP contribution in [0.15, 0.2) is 23.0 Å². The van der Waals surface area contributed by atoms with Gasteiger partial charge in [0.15, 0.2) is 0 Å². The smallest absolute Gasteiger partial charge is 0.258 e. The summed E-state index contributed by atoms with van der Waals surface area (Å²) >= 11 is 12.1. The van der Waals surface area contributed by atoms with Gasteiger partial charge < -0.3 is 10.2 Å². The molecule has 0 radical (unpaired) electrons. The second-order valence-corrected chi connectivity index (χ2v) is 13.4. The molecule has 2 heterocycles. The maximum Gasteiger partial charge on any atom is 0.258 e. The van der Waals surface area contributed by atoms with Gasteiger partial charge in [0.05, 0.1) is 27.5 Å².